The third-order valence-corrected chi connectivity index (χ3v) is 4.50. The average molecular weight is 322 g/mol. The molecule has 1 saturated heterocycles. The van der Waals surface area contributed by atoms with Crippen LogP contribution in [-0.4, -0.2) is 41.0 Å². The maximum Gasteiger partial charge on any atom is 0.0699 e. The number of fused-ring (bicyclic) bond motifs is 1. The molecular formula is C19H22N4O. The number of anilines is 2. The molecule has 4 rings (SSSR count). The molecule has 124 valence electrons. The lowest BCUT2D eigenvalue weighted by Crippen LogP contribution is -2.35. The molecule has 2 aromatic carbocycles. The first-order valence-corrected chi connectivity index (χ1v) is 8.36. The van der Waals surface area contributed by atoms with Gasteiger partial charge in [0.25, 0.3) is 0 Å². The molecule has 1 fully saturated rings. The van der Waals surface area contributed by atoms with Crippen molar-refractivity contribution in [2.45, 2.75) is 6.54 Å². The summed E-state index contributed by atoms with van der Waals surface area (Å²) in [6.07, 6.45) is 1.89. The maximum atomic E-state index is 5.40. The van der Waals surface area contributed by atoms with Gasteiger partial charge in [-0.1, -0.05) is 12.1 Å². The summed E-state index contributed by atoms with van der Waals surface area (Å²) in [5.41, 5.74) is 4.64. The Hall–Kier alpha value is -2.37. The highest BCUT2D eigenvalue weighted by Crippen LogP contribution is 2.22. The molecule has 0 bridgehead atoms. The normalized spacial score (nSPS) is 15.7. The largest absolute Gasteiger partial charge is 0.379 e. The number of benzene rings is 2. The predicted molar refractivity (Wildman–Crippen MR) is 96.5 cm³/mol. The first kappa shape index (κ1) is 15.2. The Morgan fingerprint density at radius 2 is 1.79 bits per heavy atom. The number of morpholine rings is 1. The minimum atomic E-state index is 0.843. The summed E-state index contributed by atoms with van der Waals surface area (Å²) in [5.74, 6) is 0. The van der Waals surface area contributed by atoms with Crippen LogP contribution in [0.5, 0.6) is 0 Å². The Labute approximate surface area is 141 Å². The van der Waals surface area contributed by atoms with Crippen LogP contribution in [0.4, 0.5) is 11.4 Å². The Morgan fingerprint density at radius 3 is 2.58 bits per heavy atom. The van der Waals surface area contributed by atoms with Gasteiger partial charge in [0.1, 0.15) is 0 Å². The molecular weight excluding hydrogens is 300 g/mol. The SMILES string of the molecule is Cn1ncc2ccc(Nc3ccc(CN4CCOCC4)cc3)cc21. The van der Waals surface area contributed by atoms with Crippen LogP contribution in [0.1, 0.15) is 5.56 Å². The van der Waals surface area contributed by atoms with Crippen LogP contribution < -0.4 is 5.32 Å². The fourth-order valence-electron chi connectivity index (χ4n) is 3.10. The topological polar surface area (TPSA) is 42.3 Å². The van der Waals surface area contributed by atoms with Gasteiger partial charge >= 0.3 is 0 Å². The number of hydrogen-bond acceptors (Lipinski definition) is 4. The third-order valence-electron chi connectivity index (χ3n) is 4.50. The molecule has 0 atom stereocenters. The van der Waals surface area contributed by atoms with Crippen molar-refractivity contribution in [2.75, 3.05) is 31.6 Å². The first-order valence-electron chi connectivity index (χ1n) is 8.36. The number of nitrogens with zero attached hydrogens (tertiary/aromatic N) is 3. The Balaban J connectivity index is 1.44. The highest BCUT2D eigenvalue weighted by Gasteiger charge is 2.10. The number of aryl methyl sites for hydroxylation is 1. The molecule has 1 aromatic heterocycles. The molecule has 3 aromatic rings. The molecule has 0 amide bonds. The summed E-state index contributed by atoms with van der Waals surface area (Å²) in [7, 11) is 1.96. The van der Waals surface area contributed by atoms with E-state index in [1.165, 1.54) is 5.56 Å². The molecule has 24 heavy (non-hydrogen) atoms. The van der Waals surface area contributed by atoms with E-state index in [4.69, 9.17) is 4.74 Å². The van der Waals surface area contributed by atoms with Gasteiger partial charge in [-0.25, -0.2) is 0 Å². The Morgan fingerprint density at radius 1 is 1.04 bits per heavy atom. The van der Waals surface area contributed by atoms with Crippen LogP contribution in [0.2, 0.25) is 0 Å². The number of hydrogen-bond donors (Lipinski definition) is 1. The summed E-state index contributed by atoms with van der Waals surface area (Å²) in [6.45, 7) is 4.71. The fraction of sp³-hybridized carbons (Fsp3) is 0.316. The van der Waals surface area contributed by atoms with Gasteiger partial charge in [-0.3, -0.25) is 9.58 Å². The smallest absolute Gasteiger partial charge is 0.0699 e. The number of aromatic nitrogens is 2. The standard InChI is InChI=1S/C19H22N4O/c1-22-19-12-18(7-4-16(19)13-20-22)21-17-5-2-15(3-6-17)14-23-8-10-24-11-9-23/h2-7,12-13,21H,8-11,14H2,1H3. The highest BCUT2D eigenvalue weighted by molar-refractivity contribution is 5.83. The van der Waals surface area contributed by atoms with Crippen molar-refractivity contribution >= 4 is 22.3 Å². The Kier molecular flexibility index (Phi) is 4.19. The van der Waals surface area contributed by atoms with Crippen molar-refractivity contribution in [1.29, 1.82) is 0 Å². The molecule has 0 aliphatic carbocycles. The van der Waals surface area contributed by atoms with Gasteiger partial charge in [0.05, 0.1) is 24.9 Å². The molecule has 0 unspecified atom stereocenters. The van der Waals surface area contributed by atoms with Crippen LogP contribution in [0.15, 0.2) is 48.7 Å². The van der Waals surface area contributed by atoms with E-state index in [-0.39, 0.29) is 0 Å². The summed E-state index contributed by atoms with van der Waals surface area (Å²) >= 11 is 0. The van der Waals surface area contributed by atoms with Crippen LogP contribution >= 0.6 is 0 Å². The van der Waals surface area contributed by atoms with Crippen molar-refractivity contribution < 1.29 is 4.74 Å². The van der Waals surface area contributed by atoms with Gasteiger partial charge in [-0.2, -0.15) is 5.10 Å². The van der Waals surface area contributed by atoms with Crippen molar-refractivity contribution in [3.05, 3.63) is 54.2 Å². The molecule has 0 saturated carbocycles. The van der Waals surface area contributed by atoms with E-state index in [0.29, 0.717) is 0 Å². The second-order valence-corrected chi connectivity index (χ2v) is 6.25. The van der Waals surface area contributed by atoms with E-state index >= 15 is 0 Å². The summed E-state index contributed by atoms with van der Waals surface area (Å²) in [4.78, 5) is 2.43. The van der Waals surface area contributed by atoms with Crippen molar-refractivity contribution in [2.24, 2.45) is 7.05 Å². The molecule has 5 nitrogen and oxygen atoms in total. The number of rotatable bonds is 4. The van der Waals surface area contributed by atoms with Crippen LogP contribution in [-0.2, 0) is 18.3 Å². The predicted octanol–water partition coefficient (Wildman–Crippen LogP) is 3.15. The molecule has 0 radical (unpaired) electrons. The van der Waals surface area contributed by atoms with Gasteiger partial charge in [-0.15, -0.1) is 0 Å². The number of ether oxygens (including phenoxy) is 1. The minimum Gasteiger partial charge on any atom is -0.379 e. The molecule has 1 aliphatic heterocycles. The quantitative estimate of drug-likeness (QED) is 0.801. The summed E-state index contributed by atoms with van der Waals surface area (Å²) in [5, 5.41) is 8.91. The van der Waals surface area contributed by atoms with Crippen molar-refractivity contribution in [3.63, 3.8) is 0 Å². The molecule has 2 heterocycles. The zero-order valence-electron chi connectivity index (χ0n) is 13.9. The van der Waals surface area contributed by atoms with Gasteiger partial charge in [-0.05, 0) is 35.9 Å². The van der Waals surface area contributed by atoms with E-state index in [0.717, 1.165) is 55.1 Å². The Bertz CT molecular complexity index is 819. The van der Waals surface area contributed by atoms with Gasteiger partial charge in [0.2, 0.25) is 0 Å². The maximum absolute atomic E-state index is 5.40. The van der Waals surface area contributed by atoms with E-state index < -0.39 is 0 Å². The van der Waals surface area contributed by atoms with Gasteiger partial charge in [0, 0.05) is 43.4 Å². The lowest BCUT2D eigenvalue weighted by Gasteiger charge is -2.26. The molecule has 0 spiro atoms. The van der Waals surface area contributed by atoms with Crippen LogP contribution in [0.25, 0.3) is 10.9 Å². The third kappa shape index (κ3) is 3.27. The van der Waals surface area contributed by atoms with Crippen molar-refractivity contribution in [3.8, 4) is 0 Å². The molecule has 5 heteroatoms. The van der Waals surface area contributed by atoms with E-state index in [1.807, 2.05) is 17.9 Å². The second kappa shape index (κ2) is 6.63. The van der Waals surface area contributed by atoms with Crippen molar-refractivity contribution in [1.82, 2.24) is 14.7 Å². The molecule has 1 aliphatic rings. The lowest BCUT2D eigenvalue weighted by atomic mass is 10.1. The van der Waals surface area contributed by atoms with Gasteiger partial charge in [0.15, 0.2) is 0 Å². The highest BCUT2D eigenvalue weighted by atomic mass is 16.5. The second-order valence-electron chi connectivity index (χ2n) is 6.25. The van der Waals surface area contributed by atoms with Crippen LogP contribution in [0.3, 0.4) is 0 Å². The summed E-state index contributed by atoms with van der Waals surface area (Å²) in [6, 6.07) is 15.0. The number of nitrogens with one attached hydrogen (secondary N) is 1. The minimum absolute atomic E-state index is 0.843. The van der Waals surface area contributed by atoms with Crippen LogP contribution in [0, 0.1) is 0 Å². The fourth-order valence-corrected chi connectivity index (χ4v) is 3.10. The van der Waals surface area contributed by atoms with Gasteiger partial charge < -0.3 is 10.1 Å². The summed E-state index contributed by atoms with van der Waals surface area (Å²) < 4.78 is 7.29. The zero-order valence-corrected chi connectivity index (χ0v) is 13.9. The zero-order chi connectivity index (χ0) is 16.4. The monoisotopic (exact) mass is 322 g/mol. The van der Waals surface area contributed by atoms with E-state index in [9.17, 15) is 0 Å². The molecule has 1 N–H and O–H groups in total. The van der Waals surface area contributed by atoms with E-state index in [2.05, 4.69) is 57.8 Å². The lowest BCUT2D eigenvalue weighted by molar-refractivity contribution is 0.0342. The van der Waals surface area contributed by atoms with E-state index in [1.54, 1.807) is 0 Å². The first-order chi connectivity index (χ1) is 11.8. The average Bonchev–Trinajstić information content (AvgIpc) is 2.98.